The van der Waals surface area contributed by atoms with E-state index in [0.29, 0.717) is 36.0 Å². The minimum atomic E-state index is -1.21. The fourth-order valence-corrected chi connectivity index (χ4v) is 9.66. The van der Waals surface area contributed by atoms with Crippen LogP contribution in [0.4, 0.5) is 4.79 Å². The molecule has 10 atom stereocenters. The number of fused-ring (bicyclic) bond motifs is 5. The number of hydrogen-bond donors (Lipinski definition) is 2. The highest BCUT2D eigenvalue weighted by Gasteiger charge is 2.67. The van der Waals surface area contributed by atoms with Crippen LogP contribution in [0.1, 0.15) is 112 Å². The van der Waals surface area contributed by atoms with Crippen LogP contribution in [0.3, 0.4) is 0 Å². The van der Waals surface area contributed by atoms with Gasteiger partial charge in [-0.2, -0.15) is 0 Å². The highest BCUT2D eigenvalue weighted by Crippen LogP contribution is 2.69. The van der Waals surface area contributed by atoms with Crippen molar-refractivity contribution in [3.05, 3.63) is 0 Å². The molecule has 0 aromatic heterocycles. The van der Waals surface area contributed by atoms with Crippen LogP contribution in [0.5, 0.6) is 0 Å². The van der Waals surface area contributed by atoms with Gasteiger partial charge in [-0.25, -0.2) is 4.79 Å². The lowest BCUT2D eigenvalue weighted by Crippen LogP contribution is -2.68. The van der Waals surface area contributed by atoms with Crippen molar-refractivity contribution in [3.8, 4) is 0 Å². The molecule has 0 aromatic rings. The van der Waals surface area contributed by atoms with Crippen LogP contribution in [0, 0.1) is 46.3 Å². The van der Waals surface area contributed by atoms with Crippen molar-refractivity contribution in [2.24, 2.45) is 46.3 Å². The summed E-state index contributed by atoms with van der Waals surface area (Å²) in [6.07, 6.45) is 9.63. The molecule has 4 aliphatic rings. The lowest BCUT2D eigenvalue weighted by molar-refractivity contribution is -0.265. The third-order valence-corrected chi connectivity index (χ3v) is 11.5. The van der Waals surface area contributed by atoms with E-state index < -0.39 is 24.0 Å². The van der Waals surface area contributed by atoms with E-state index in [0.717, 1.165) is 37.0 Å². The molecule has 35 heavy (non-hydrogen) atoms. The standard InChI is InChI=1S/C30H52O5/c1-7-34-27(32)35-21-13-16-29(6)25-14-15-28(5)23(20(4)10-8-9-19(2)3)11-12-24(28)22(25)17-26(31)30(29,33)18-21/h19-26,31,33H,7-18H2,1-6H3/t20-,21-,22+,23-,24+,25+,26-,28-,29+,30-/m0/s1. The first-order valence-corrected chi connectivity index (χ1v) is 14.7. The number of carbonyl (C=O) groups excluding carboxylic acids is 1. The Morgan fingerprint density at radius 1 is 1.03 bits per heavy atom. The molecule has 5 nitrogen and oxygen atoms in total. The van der Waals surface area contributed by atoms with Crippen molar-refractivity contribution in [2.75, 3.05) is 6.61 Å². The second-order valence-electron chi connectivity index (χ2n) is 13.7. The van der Waals surface area contributed by atoms with Crippen molar-refractivity contribution in [1.29, 1.82) is 0 Å². The molecule has 202 valence electrons. The van der Waals surface area contributed by atoms with E-state index in [-0.39, 0.29) is 12.0 Å². The van der Waals surface area contributed by atoms with Gasteiger partial charge in [-0.05, 0) is 92.8 Å². The van der Waals surface area contributed by atoms with E-state index in [1.165, 1.54) is 38.5 Å². The molecule has 4 fully saturated rings. The van der Waals surface area contributed by atoms with Crippen molar-refractivity contribution >= 4 is 6.16 Å². The van der Waals surface area contributed by atoms with Gasteiger partial charge in [0.05, 0.1) is 18.3 Å². The summed E-state index contributed by atoms with van der Waals surface area (Å²) in [4.78, 5) is 11.9. The van der Waals surface area contributed by atoms with Gasteiger partial charge in [-0.15, -0.1) is 0 Å². The highest BCUT2D eigenvalue weighted by atomic mass is 16.7. The van der Waals surface area contributed by atoms with Gasteiger partial charge in [0.25, 0.3) is 0 Å². The van der Waals surface area contributed by atoms with E-state index in [1.54, 1.807) is 6.92 Å². The van der Waals surface area contributed by atoms with Gasteiger partial charge < -0.3 is 19.7 Å². The van der Waals surface area contributed by atoms with Crippen LogP contribution in [0.25, 0.3) is 0 Å². The summed E-state index contributed by atoms with van der Waals surface area (Å²) in [5.41, 5.74) is -1.19. The maximum atomic E-state index is 12.0. The van der Waals surface area contributed by atoms with E-state index in [1.807, 2.05) is 0 Å². The van der Waals surface area contributed by atoms with Crippen LogP contribution in [-0.4, -0.2) is 40.8 Å². The molecule has 2 N–H and O–H groups in total. The van der Waals surface area contributed by atoms with Gasteiger partial charge >= 0.3 is 6.16 Å². The molecule has 4 rings (SSSR count). The zero-order valence-electron chi connectivity index (χ0n) is 23.2. The van der Waals surface area contributed by atoms with Gasteiger partial charge in [0.1, 0.15) is 6.10 Å². The molecule has 0 radical (unpaired) electrons. The zero-order valence-corrected chi connectivity index (χ0v) is 23.2. The largest absolute Gasteiger partial charge is 0.508 e. The Hall–Kier alpha value is -0.810. The molecule has 0 aliphatic heterocycles. The Morgan fingerprint density at radius 3 is 2.46 bits per heavy atom. The molecular formula is C30H52O5. The van der Waals surface area contributed by atoms with E-state index in [9.17, 15) is 15.0 Å². The van der Waals surface area contributed by atoms with Crippen LogP contribution >= 0.6 is 0 Å². The van der Waals surface area contributed by atoms with E-state index in [2.05, 4.69) is 34.6 Å². The average molecular weight is 493 g/mol. The maximum Gasteiger partial charge on any atom is 0.508 e. The normalized spacial score (nSPS) is 45.9. The third-order valence-electron chi connectivity index (χ3n) is 11.5. The number of aliphatic hydroxyl groups is 2. The molecule has 4 saturated carbocycles. The molecule has 0 unspecified atom stereocenters. The average Bonchev–Trinajstić information content (AvgIpc) is 3.13. The number of carbonyl (C=O) groups is 1. The summed E-state index contributed by atoms with van der Waals surface area (Å²) in [7, 11) is 0. The number of hydrogen-bond acceptors (Lipinski definition) is 5. The quantitative estimate of drug-likeness (QED) is 0.385. The molecule has 5 heteroatoms. The number of ether oxygens (including phenoxy) is 2. The Morgan fingerprint density at radius 2 is 1.77 bits per heavy atom. The third kappa shape index (κ3) is 4.67. The van der Waals surface area contributed by atoms with Crippen LogP contribution < -0.4 is 0 Å². The molecule has 0 heterocycles. The van der Waals surface area contributed by atoms with E-state index >= 15 is 0 Å². The molecule has 0 amide bonds. The van der Waals surface area contributed by atoms with E-state index in [4.69, 9.17) is 9.47 Å². The van der Waals surface area contributed by atoms with Gasteiger partial charge in [-0.3, -0.25) is 0 Å². The summed E-state index contributed by atoms with van der Waals surface area (Å²) in [5, 5.41) is 23.4. The number of aliphatic hydroxyl groups excluding tert-OH is 1. The predicted octanol–water partition coefficient (Wildman–Crippen LogP) is 6.74. The maximum absolute atomic E-state index is 12.0. The molecule has 0 bridgehead atoms. The van der Waals surface area contributed by atoms with Gasteiger partial charge in [0.2, 0.25) is 0 Å². The predicted molar refractivity (Wildman–Crippen MR) is 138 cm³/mol. The first-order valence-electron chi connectivity index (χ1n) is 14.7. The number of rotatable bonds is 7. The molecule has 0 saturated heterocycles. The monoisotopic (exact) mass is 492 g/mol. The second kappa shape index (κ2) is 10.2. The SMILES string of the molecule is CCOC(=O)O[C@H]1CC[C@]2(C)[C@@H]3CC[C@]4(C)[C@H](CC[C@H]4[C@@H](C)CCCC(C)C)[C@H]3C[C@H](O)[C@@]2(O)C1. The summed E-state index contributed by atoms with van der Waals surface area (Å²) in [6, 6.07) is 0. The summed E-state index contributed by atoms with van der Waals surface area (Å²) in [6.45, 7) is 14.0. The minimum absolute atomic E-state index is 0.275. The first kappa shape index (κ1) is 27.2. The van der Waals surface area contributed by atoms with Gasteiger partial charge in [0, 0.05) is 11.8 Å². The Labute approximate surface area is 213 Å². The van der Waals surface area contributed by atoms with Crippen molar-refractivity contribution in [2.45, 2.75) is 130 Å². The minimum Gasteiger partial charge on any atom is -0.435 e. The Bertz CT molecular complexity index is 753. The van der Waals surface area contributed by atoms with Gasteiger partial charge in [0.15, 0.2) is 0 Å². The Balaban J connectivity index is 1.48. The summed E-state index contributed by atoms with van der Waals surface area (Å²) >= 11 is 0. The fourth-order valence-electron chi connectivity index (χ4n) is 9.66. The van der Waals surface area contributed by atoms with Crippen LogP contribution in [0.2, 0.25) is 0 Å². The lowest BCUT2D eigenvalue weighted by atomic mass is 9.42. The molecule has 4 aliphatic carbocycles. The lowest BCUT2D eigenvalue weighted by Gasteiger charge is -2.65. The Kier molecular flexibility index (Phi) is 7.90. The molecular weight excluding hydrogens is 440 g/mol. The van der Waals surface area contributed by atoms with Gasteiger partial charge in [-0.1, -0.05) is 53.9 Å². The van der Waals surface area contributed by atoms with Crippen molar-refractivity contribution < 1.29 is 24.5 Å². The highest BCUT2D eigenvalue weighted by molar-refractivity contribution is 5.60. The van der Waals surface area contributed by atoms with Crippen molar-refractivity contribution in [3.63, 3.8) is 0 Å². The molecule has 0 spiro atoms. The molecule has 0 aromatic carbocycles. The zero-order chi connectivity index (χ0) is 25.6. The smallest absolute Gasteiger partial charge is 0.435 e. The van der Waals surface area contributed by atoms with Crippen LogP contribution in [0.15, 0.2) is 0 Å². The summed E-state index contributed by atoms with van der Waals surface area (Å²) < 4.78 is 10.5. The van der Waals surface area contributed by atoms with Crippen LogP contribution in [-0.2, 0) is 9.47 Å². The second-order valence-corrected chi connectivity index (χ2v) is 13.7. The van der Waals surface area contributed by atoms with Crippen molar-refractivity contribution in [1.82, 2.24) is 0 Å². The first-order chi connectivity index (χ1) is 16.5. The fraction of sp³-hybridized carbons (Fsp3) is 0.967. The topological polar surface area (TPSA) is 76.0 Å². The summed E-state index contributed by atoms with van der Waals surface area (Å²) in [5.74, 6) is 3.86.